The molecule has 0 bridgehead atoms. The van der Waals surface area contributed by atoms with Gasteiger partial charge in [0.1, 0.15) is 17.2 Å². The Hall–Kier alpha value is -3.24. The van der Waals surface area contributed by atoms with E-state index in [-0.39, 0.29) is 10.8 Å². The molecule has 172 valence electrons. The molecular formula is C23H23N3O6S. The zero-order chi connectivity index (χ0) is 23.3. The second kappa shape index (κ2) is 7.96. The van der Waals surface area contributed by atoms with Crippen LogP contribution >= 0.6 is 0 Å². The summed E-state index contributed by atoms with van der Waals surface area (Å²) in [7, 11) is -2.76. The number of carbonyl (C=O) groups excluding carboxylic acids is 1. The summed E-state index contributed by atoms with van der Waals surface area (Å²) in [5, 5.41) is 5.65. The summed E-state index contributed by atoms with van der Waals surface area (Å²) in [5.74, 6) is 0.617. The number of esters is 1. The zero-order valence-corrected chi connectivity index (χ0v) is 19.2. The van der Waals surface area contributed by atoms with Crippen molar-refractivity contribution in [2.45, 2.75) is 43.5 Å². The number of carbonyl (C=O) groups is 1. The van der Waals surface area contributed by atoms with Gasteiger partial charge in [-0.2, -0.15) is 9.71 Å². The third-order valence-electron chi connectivity index (χ3n) is 5.78. The summed E-state index contributed by atoms with van der Waals surface area (Å²) in [6, 6.07) is 9.18. The topological polar surface area (TPSA) is 125 Å². The van der Waals surface area contributed by atoms with Gasteiger partial charge < -0.3 is 13.7 Å². The van der Waals surface area contributed by atoms with Crippen molar-refractivity contribution in [2.75, 3.05) is 7.11 Å². The number of hydrogen-bond acceptors (Lipinski definition) is 8. The molecule has 10 heteroatoms. The number of fused-ring (bicyclic) bond motifs is 3. The predicted molar refractivity (Wildman–Crippen MR) is 120 cm³/mol. The lowest BCUT2D eigenvalue weighted by Gasteiger charge is -2.19. The third kappa shape index (κ3) is 4.00. The first kappa shape index (κ1) is 21.6. The van der Waals surface area contributed by atoms with Gasteiger partial charge in [0.05, 0.1) is 12.0 Å². The van der Waals surface area contributed by atoms with Crippen LogP contribution in [0.3, 0.4) is 0 Å². The number of hydrogen-bond donors (Lipinski definition) is 1. The van der Waals surface area contributed by atoms with E-state index in [4.69, 9.17) is 13.7 Å². The van der Waals surface area contributed by atoms with Gasteiger partial charge >= 0.3 is 5.97 Å². The van der Waals surface area contributed by atoms with Gasteiger partial charge in [0.15, 0.2) is 0 Å². The molecule has 1 saturated carbocycles. The van der Waals surface area contributed by atoms with E-state index in [1.54, 1.807) is 26.0 Å². The molecule has 1 unspecified atom stereocenters. The van der Waals surface area contributed by atoms with Crippen LogP contribution in [0.1, 0.15) is 38.5 Å². The number of nitrogens with one attached hydrogen (secondary N) is 1. The van der Waals surface area contributed by atoms with Crippen LogP contribution in [-0.2, 0) is 19.6 Å². The van der Waals surface area contributed by atoms with Crippen LogP contribution in [0.5, 0.6) is 0 Å². The Morgan fingerprint density at radius 3 is 2.61 bits per heavy atom. The lowest BCUT2D eigenvalue weighted by atomic mass is 10.1. The fourth-order valence-electron chi connectivity index (χ4n) is 3.73. The second-order valence-electron chi connectivity index (χ2n) is 8.57. The molecule has 1 aliphatic carbocycles. The van der Waals surface area contributed by atoms with E-state index < -0.39 is 22.0 Å². The van der Waals surface area contributed by atoms with Crippen molar-refractivity contribution in [3.05, 3.63) is 42.3 Å². The molecule has 1 aliphatic rings. The molecule has 33 heavy (non-hydrogen) atoms. The van der Waals surface area contributed by atoms with Gasteiger partial charge in [-0.25, -0.2) is 8.42 Å². The first-order chi connectivity index (χ1) is 15.8. The Labute approximate surface area is 190 Å². The van der Waals surface area contributed by atoms with Crippen LogP contribution in [-0.4, -0.2) is 37.7 Å². The molecule has 0 saturated heterocycles. The van der Waals surface area contributed by atoms with Gasteiger partial charge in [0, 0.05) is 28.3 Å². The van der Waals surface area contributed by atoms with Crippen LogP contribution in [0.15, 0.2) is 50.2 Å². The Bertz CT molecular complexity index is 1470. The summed E-state index contributed by atoms with van der Waals surface area (Å²) in [4.78, 5) is 16.5. The van der Waals surface area contributed by atoms with Gasteiger partial charge in [0.2, 0.25) is 21.7 Å². The van der Waals surface area contributed by atoms with E-state index >= 15 is 0 Å². The maximum absolute atomic E-state index is 12.9. The maximum atomic E-state index is 12.9. The minimum Gasteiger partial charge on any atom is -0.468 e. The normalized spacial score (nSPS) is 15.4. The first-order valence-corrected chi connectivity index (χ1v) is 12.2. The number of rotatable bonds is 7. The van der Waals surface area contributed by atoms with Crippen LogP contribution in [0.4, 0.5) is 0 Å². The SMILES string of the molecule is COC(=O)C(NS(=O)(=O)c1ccc2c(c1)oc1ccc(-c3noc(C4CC4)n3)cc12)C(C)C. The van der Waals surface area contributed by atoms with Crippen LogP contribution in [0.25, 0.3) is 33.3 Å². The van der Waals surface area contributed by atoms with Crippen molar-refractivity contribution in [2.24, 2.45) is 5.92 Å². The minimum absolute atomic E-state index is 0.00363. The van der Waals surface area contributed by atoms with Crippen molar-refractivity contribution in [1.29, 1.82) is 0 Å². The standard InChI is InChI=1S/C23H23N3O6S/c1-12(2)20(23(27)30-3)26-33(28,29)15-7-8-16-17-10-14(6-9-18(17)31-19(16)11-15)21-24-22(32-25-21)13-4-5-13/h6-13,20,26H,4-5H2,1-3H3. The molecule has 5 rings (SSSR count). The molecule has 0 amide bonds. The number of ether oxygens (including phenoxy) is 1. The average molecular weight is 470 g/mol. The average Bonchev–Trinajstić information content (AvgIpc) is 3.41. The van der Waals surface area contributed by atoms with Gasteiger partial charge in [-0.3, -0.25) is 4.79 Å². The second-order valence-corrected chi connectivity index (χ2v) is 10.3. The molecular weight excluding hydrogens is 446 g/mol. The van der Waals surface area contributed by atoms with E-state index in [0.29, 0.717) is 28.8 Å². The molecule has 0 radical (unpaired) electrons. The highest BCUT2D eigenvalue weighted by Crippen LogP contribution is 2.40. The highest BCUT2D eigenvalue weighted by atomic mass is 32.2. The van der Waals surface area contributed by atoms with Crippen LogP contribution in [0.2, 0.25) is 0 Å². The molecule has 0 aliphatic heterocycles. The van der Waals surface area contributed by atoms with E-state index in [2.05, 4.69) is 14.9 Å². The van der Waals surface area contributed by atoms with Crippen molar-refractivity contribution < 1.29 is 26.9 Å². The number of sulfonamides is 1. The Balaban J connectivity index is 1.50. The summed E-state index contributed by atoms with van der Waals surface area (Å²) in [6.07, 6.45) is 2.15. The smallest absolute Gasteiger partial charge is 0.324 e. The minimum atomic E-state index is -3.98. The molecule has 2 heterocycles. The molecule has 0 spiro atoms. The largest absolute Gasteiger partial charge is 0.468 e. The molecule has 1 atom stereocenters. The molecule has 9 nitrogen and oxygen atoms in total. The monoisotopic (exact) mass is 469 g/mol. The van der Waals surface area contributed by atoms with E-state index in [9.17, 15) is 13.2 Å². The fourth-order valence-corrected chi connectivity index (χ4v) is 5.08. The molecule has 4 aromatic rings. The molecule has 2 aromatic carbocycles. The lowest BCUT2D eigenvalue weighted by Crippen LogP contribution is -2.44. The summed E-state index contributed by atoms with van der Waals surface area (Å²) < 4.78 is 44.3. The van der Waals surface area contributed by atoms with Crippen molar-refractivity contribution >= 4 is 37.9 Å². The van der Waals surface area contributed by atoms with E-state index in [1.165, 1.54) is 19.2 Å². The maximum Gasteiger partial charge on any atom is 0.324 e. The van der Waals surface area contributed by atoms with Crippen LogP contribution < -0.4 is 4.72 Å². The van der Waals surface area contributed by atoms with Crippen molar-refractivity contribution in [3.63, 3.8) is 0 Å². The molecule has 1 fully saturated rings. The predicted octanol–water partition coefficient (Wildman–Crippen LogP) is 3.99. The van der Waals surface area contributed by atoms with Crippen molar-refractivity contribution in [3.8, 4) is 11.4 Å². The number of furan rings is 1. The highest BCUT2D eigenvalue weighted by molar-refractivity contribution is 7.89. The number of methoxy groups -OCH3 is 1. The molecule has 1 N–H and O–H groups in total. The first-order valence-electron chi connectivity index (χ1n) is 10.7. The quantitative estimate of drug-likeness (QED) is 0.403. The van der Waals surface area contributed by atoms with E-state index in [1.807, 2.05) is 12.1 Å². The summed E-state index contributed by atoms with van der Waals surface area (Å²) in [5.41, 5.74) is 1.81. The number of benzene rings is 2. The Morgan fingerprint density at radius 1 is 1.12 bits per heavy atom. The van der Waals surface area contributed by atoms with Gasteiger partial charge in [-0.05, 0) is 49.1 Å². The van der Waals surface area contributed by atoms with Crippen molar-refractivity contribution in [1.82, 2.24) is 14.9 Å². The summed E-state index contributed by atoms with van der Waals surface area (Å²) in [6.45, 7) is 3.48. The summed E-state index contributed by atoms with van der Waals surface area (Å²) >= 11 is 0. The highest BCUT2D eigenvalue weighted by Gasteiger charge is 2.31. The number of aromatic nitrogens is 2. The zero-order valence-electron chi connectivity index (χ0n) is 18.4. The number of nitrogens with zero attached hydrogens (tertiary/aromatic N) is 2. The van der Waals surface area contributed by atoms with Gasteiger partial charge in [-0.15, -0.1) is 0 Å². The van der Waals surface area contributed by atoms with Gasteiger partial charge in [-0.1, -0.05) is 19.0 Å². The van der Waals surface area contributed by atoms with E-state index in [0.717, 1.165) is 29.2 Å². The fraction of sp³-hybridized carbons (Fsp3) is 0.348. The molecule has 2 aromatic heterocycles. The van der Waals surface area contributed by atoms with Gasteiger partial charge in [0.25, 0.3) is 0 Å². The Kier molecular flexibility index (Phi) is 5.21. The lowest BCUT2D eigenvalue weighted by molar-refractivity contribution is -0.143. The Morgan fingerprint density at radius 2 is 1.91 bits per heavy atom. The van der Waals surface area contributed by atoms with Crippen LogP contribution in [0, 0.1) is 5.92 Å². The third-order valence-corrected chi connectivity index (χ3v) is 7.22.